The maximum absolute atomic E-state index is 5.35. The summed E-state index contributed by atoms with van der Waals surface area (Å²) in [5.74, 6) is 0. The Morgan fingerprint density at radius 2 is 1.88 bits per heavy atom. The molecule has 94 valence electrons. The molecule has 1 heterocycles. The van der Waals surface area contributed by atoms with Gasteiger partial charge in [0.2, 0.25) is 0 Å². The van der Waals surface area contributed by atoms with Gasteiger partial charge in [-0.05, 0) is 18.9 Å². The highest BCUT2D eigenvalue weighted by Crippen LogP contribution is 2.17. The van der Waals surface area contributed by atoms with Crippen LogP contribution in [0.3, 0.4) is 0 Å². The molecule has 1 saturated heterocycles. The van der Waals surface area contributed by atoms with Crippen LogP contribution in [-0.4, -0.2) is 31.3 Å². The summed E-state index contributed by atoms with van der Waals surface area (Å²) in [4.78, 5) is 0. The highest BCUT2D eigenvalue weighted by Gasteiger charge is 2.15. The van der Waals surface area contributed by atoms with E-state index in [0.717, 1.165) is 32.7 Å². The van der Waals surface area contributed by atoms with E-state index in [0.29, 0.717) is 6.04 Å². The minimum absolute atomic E-state index is 0.411. The minimum atomic E-state index is 0.411. The first-order valence-electron chi connectivity index (χ1n) is 6.45. The third kappa shape index (κ3) is 3.53. The number of ether oxygens (including phenoxy) is 1. The van der Waals surface area contributed by atoms with Crippen LogP contribution in [0.1, 0.15) is 30.5 Å². The van der Waals surface area contributed by atoms with E-state index in [2.05, 4.69) is 48.5 Å². The van der Waals surface area contributed by atoms with E-state index in [1.807, 2.05) is 0 Å². The molecular weight excluding hydrogens is 212 g/mol. The third-order valence-electron chi connectivity index (χ3n) is 3.24. The highest BCUT2D eigenvalue weighted by atomic mass is 16.5. The molecule has 17 heavy (non-hydrogen) atoms. The molecule has 1 aliphatic rings. The molecule has 1 aromatic rings. The summed E-state index contributed by atoms with van der Waals surface area (Å²) in [6, 6.07) is 9.21. The Hall–Kier alpha value is -0.900. The van der Waals surface area contributed by atoms with E-state index in [9.17, 15) is 0 Å². The highest BCUT2D eigenvalue weighted by molar-refractivity contribution is 5.23. The van der Waals surface area contributed by atoms with E-state index in [1.165, 1.54) is 11.1 Å². The Morgan fingerprint density at radius 3 is 2.47 bits per heavy atom. The lowest BCUT2D eigenvalue weighted by Crippen LogP contribution is -2.47. The molecule has 1 aromatic carbocycles. The molecule has 1 N–H and O–H groups in total. The molecule has 0 spiro atoms. The SMILES string of the molecule is CCC(NN1CCOCC1)c1ccc(C)cc1. The third-order valence-corrected chi connectivity index (χ3v) is 3.24. The van der Waals surface area contributed by atoms with Crippen LogP contribution in [0, 0.1) is 6.92 Å². The van der Waals surface area contributed by atoms with Crippen LogP contribution in [-0.2, 0) is 4.74 Å². The van der Waals surface area contributed by atoms with Crippen LogP contribution < -0.4 is 5.43 Å². The molecule has 1 aliphatic heterocycles. The van der Waals surface area contributed by atoms with Crippen molar-refractivity contribution in [2.24, 2.45) is 0 Å². The molecule has 0 aliphatic carbocycles. The Morgan fingerprint density at radius 1 is 1.24 bits per heavy atom. The van der Waals surface area contributed by atoms with Crippen LogP contribution in [0.5, 0.6) is 0 Å². The van der Waals surface area contributed by atoms with Gasteiger partial charge in [0, 0.05) is 19.1 Å². The minimum Gasteiger partial charge on any atom is -0.379 e. The normalized spacial score (nSPS) is 19.2. The monoisotopic (exact) mass is 234 g/mol. The molecule has 0 saturated carbocycles. The van der Waals surface area contributed by atoms with Crippen LogP contribution >= 0.6 is 0 Å². The zero-order valence-electron chi connectivity index (χ0n) is 10.8. The largest absolute Gasteiger partial charge is 0.379 e. The molecule has 1 atom stereocenters. The lowest BCUT2D eigenvalue weighted by Gasteiger charge is -2.31. The van der Waals surface area contributed by atoms with Crippen molar-refractivity contribution >= 4 is 0 Å². The van der Waals surface area contributed by atoms with Gasteiger partial charge in [-0.1, -0.05) is 36.8 Å². The van der Waals surface area contributed by atoms with Gasteiger partial charge in [-0.25, -0.2) is 10.4 Å². The first-order chi connectivity index (χ1) is 8.29. The first kappa shape index (κ1) is 12.6. The number of benzene rings is 1. The van der Waals surface area contributed by atoms with Crippen molar-refractivity contribution in [1.82, 2.24) is 10.4 Å². The van der Waals surface area contributed by atoms with Crippen molar-refractivity contribution in [3.05, 3.63) is 35.4 Å². The number of hydrazine groups is 1. The van der Waals surface area contributed by atoms with Crippen molar-refractivity contribution in [1.29, 1.82) is 0 Å². The number of hydrogen-bond acceptors (Lipinski definition) is 3. The first-order valence-corrected chi connectivity index (χ1v) is 6.45. The predicted octanol–water partition coefficient (Wildman–Crippen LogP) is 2.28. The Balaban J connectivity index is 1.97. The van der Waals surface area contributed by atoms with Gasteiger partial charge >= 0.3 is 0 Å². The Labute approximate surface area is 104 Å². The topological polar surface area (TPSA) is 24.5 Å². The second-order valence-electron chi connectivity index (χ2n) is 4.60. The Bertz CT molecular complexity index is 331. The summed E-state index contributed by atoms with van der Waals surface area (Å²) in [5.41, 5.74) is 6.27. The van der Waals surface area contributed by atoms with Crippen molar-refractivity contribution in [3.63, 3.8) is 0 Å². The maximum atomic E-state index is 5.35. The van der Waals surface area contributed by atoms with Gasteiger partial charge < -0.3 is 4.74 Å². The summed E-state index contributed by atoms with van der Waals surface area (Å²) in [6.45, 7) is 7.96. The molecule has 2 rings (SSSR count). The van der Waals surface area contributed by atoms with E-state index in [1.54, 1.807) is 0 Å². The maximum Gasteiger partial charge on any atom is 0.0608 e. The van der Waals surface area contributed by atoms with Crippen molar-refractivity contribution in [2.45, 2.75) is 26.3 Å². The van der Waals surface area contributed by atoms with Crippen molar-refractivity contribution in [3.8, 4) is 0 Å². The molecule has 0 bridgehead atoms. The van der Waals surface area contributed by atoms with Crippen LogP contribution in [0.4, 0.5) is 0 Å². The number of rotatable bonds is 4. The zero-order valence-corrected chi connectivity index (χ0v) is 10.8. The zero-order chi connectivity index (χ0) is 12.1. The summed E-state index contributed by atoms with van der Waals surface area (Å²) in [7, 11) is 0. The molecular formula is C14H22N2O. The number of morpholine rings is 1. The summed E-state index contributed by atoms with van der Waals surface area (Å²) in [5, 5.41) is 2.28. The van der Waals surface area contributed by atoms with E-state index in [-0.39, 0.29) is 0 Å². The average molecular weight is 234 g/mol. The number of hydrogen-bond donors (Lipinski definition) is 1. The van der Waals surface area contributed by atoms with E-state index < -0.39 is 0 Å². The molecule has 0 radical (unpaired) electrons. The summed E-state index contributed by atoms with van der Waals surface area (Å²) in [6.07, 6.45) is 1.10. The van der Waals surface area contributed by atoms with Crippen LogP contribution in [0.25, 0.3) is 0 Å². The van der Waals surface area contributed by atoms with Gasteiger partial charge in [-0.15, -0.1) is 0 Å². The van der Waals surface area contributed by atoms with Gasteiger partial charge in [0.05, 0.1) is 13.2 Å². The standard InChI is InChI=1S/C14H22N2O/c1-3-14(13-6-4-12(2)5-7-13)15-16-8-10-17-11-9-16/h4-7,14-15H,3,8-11H2,1-2H3. The summed E-state index contributed by atoms with van der Waals surface area (Å²) >= 11 is 0. The van der Waals surface area contributed by atoms with Crippen LogP contribution in [0.15, 0.2) is 24.3 Å². The number of nitrogens with one attached hydrogen (secondary N) is 1. The quantitative estimate of drug-likeness (QED) is 0.865. The smallest absolute Gasteiger partial charge is 0.0608 e. The van der Waals surface area contributed by atoms with E-state index >= 15 is 0 Å². The van der Waals surface area contributed by atoms with Crippen LogP contribution in [0.2, 0.25) is 0 Å². The molecule has 1 unspecified atom stereocenters. The molecule has 0 amide bonds. The fraction of sp³-hybridized carbons (Fsp3) is 0.571. The Kier molecular flexibility index (Phi) is 4.54. The van der Waals surface area contributed by atoms with Gasteiger partial charge in [-0.3, -0.25) is 0 Å². The fourth-order valence-electron chi connectivity index (χ4n) is 2.11. The van der Waals surface area contributed by atoms with Gasteiger partial charge in [0.1, 0.15) is 0 Å². The van der Waals surface area contributed by atoms with E-state index in [4.69, 9.17) is 4.74 Å². The second kappa shape index (κ2) is 6.15. The van der Waals surface area contributed by atoms with Gasteiger partial charge in [-0.2, -0.15) is 0 Å². The number of aryl methyl sites for hydroxylation is 1. The van der Waals surface area contributed by atoms with Crippen molar-refractivity contribution < 1.29 is 4.74 Å². The molecule has 3 nitrogen and oxygen atoms in total. The molecule has 3 heteroatoms. The molecule has 0 aromatic heterocycles. The molecule has 1 fully saturated rings. The van der Waals surface area contributed by atoms with Gasteiger partial charge in [0.15, 0.2) is 0 Å². The average Bonchev–Trinajstić information content (AvgIpc) is 2.38. The van der Waals surface area contributed by atoms with Gasteiger partial charge in [0.25, 0.3) is 0 Å². The lowest BCUT2D eigenvalue weighted by molar-refractivity contribution is 0.00299. The summed E-state index contributed by atoms with van der Waals surface area (Å²) < 4.78 is 5.35. The fourth-order valence-corrected chi connectivity index (χ4v) is 2.11. The van der Waals surface area contributed by atoms with Crippen molar-refractivity contribution in [2.75, 3.05) is 26.3 Å². The lowest BCUT2D eigenvalue weighted by atomic mass is 10.0. The predicted molar refractivity (Wildman–Crippen MR) is 69.7 cm³/mol. The number of nitrogens with zero attached hydrogens (tertiary/aromatic N) is 1. The second-order valence-corrected chi connectivity index (χ2v) is 4.60.